The summed E-state index contributed by atoms with van der Waals surface area (Å²) in [5, 5.41) is 14.4. The van der Waals surface area contributed by atoms with E-state index in [4.69, 9.17) is 4.74 Å². The topological polar surface area (TPSA) is 105 Å². The number of ether oxygens (including phenoxy) is 1. The molecule has 2 amide bonds. The minimum absolute atomic E-state index is 0.246. The summed E-state index contributed by atoms with van der Waals surface area (Å²) < 4.78 is 5.32. The Balaban J connectivity index is 2.01. The van der Waals surface area contributed by atoms with Gasteiger partial charge in [-0.05, 0) is 43.9 Å². The number of carboxylic acids is 1. The molecule has 0 spiro atoms. The number of hydrogen-bond donors (Lipinski definition) is 3. The van der Waals surface area contributed by atoms with E-state index in [9.17, 15) is 19.5 Å². The van der Waals surface area contributed by atoms with Crippen LogP contribution in [0.5, 0.6) is 0 Å². The Morgan fingerprint density at radius 1 is 1.40 bits per heavy atom. The van der Waals surface area contributed by atoms with Crippen molar-refractivity contribution in [2.45, 2.75) is 37.8 Å². The quantitative estimate of drug-likeness (QED) is 0.624. The zero-order valence-corrected chi connectivity index (χ0v) is 13.9. The minimum atomic E-state index is -1.10. The fourth-order valence-electron chi connectivity index (χ4n) is 2.53. The summed E-state index contributed by atoms with van der Waals surface area (Å²) in [6.07, 6.45) is 3.41. The lowest BCUT2D eigenvalue weighted by Gasteiger charge is -2.14. The number of allylic oxidation sites excluding steroid dienone is 1. The maximum absolute atomic E-state index is 12.3. The van der Waals surface area contributed by atoms with Gasteiger partial charge in [0.1, 0.15) is 12.1 Å². The zero-order chi connectivity index (χ0) is 18.2. The Morgan fingerprint density at radius 3 is 2.84 bits per heavy atom. The lowest BCUT2D eigenvalue weighted by Crippen LogP contribution is -2.40. The normalized spacial score (nSPS) is 17.5. The van der Waals surface area contributed by atoms with E-state index < -0.39 is 24.0 Å². The van der Waals surface area contributed by atoms with Gasteiger partial charge in [-0.25, -0.2) is 4.79 Å². The smallest absolute Gasteiger partial charge is 0.326 e. The summed E-state index contributed by atoms with van der Waals surface area (Å²) in [5.41, 5.74) is 0.737. The predicted octanol–water partition coefficient (Wildman–Crippen LogP) is 1.95. The average molecular weight is 346 g/mol. The first-order valence-corrected chi connectivity index (χ1v) is 8.18. The van der Waals surface area contributed by atoms with Crippen LogP contribution in [0, 0.1) is 0 Å². The molecule has 0 aromatic heterocycles. The number of rotatable bonds is 8. The van der Waals surface area contributed by atoms with E-state index in [1.54, 1.807) is 24.3 Å². The van der Waals surface area contributed by atoms with Crippen molar-refractivity contribution in [3.63, 3.8) is 0 Å². The Labute approximate surface area is 146 Å². The van der Waals surface area contributed by atoms with Crippen molar-refractivity contribution >= 4 is 23.5 Å². The number of carbonyl (C=O) groups excluding carboxylic acids is 2. The fraction of sp³-hybridized carbons (Fsp3) is 0.389. The number of aliphatic carboxylic acids is 1. The minimum Gasteiger partial charge on any atom is -0.480 e. The van der Waals surface area contributed by atoms with Gasteiger partial charge in [0.25, 0.3) is 11.8 Å². The van der Waals surface area contributed by atoms with Crippen molar-refractivity contribution in [2.24, 2.45) is 0 Å². The largest absolute Gasteiger partial charge is 0.480 e. The first kappa shape index (κ1) is 18.7. The van der Waals surface area contributed by atoms with Crippen LogP contribution in [0.25, 0.3) is 0 Å². The van der Waals surface area contributed by atoms with Crippen molar-refractivity contribution in [1.82, 2.24) is 5.32 Å². The highest BCUT2D eigenvalue weighted by Crippen LogP contribution is 2.16. The summed E-state index contributed by atoms with van der Waals surface area (Å²) in [6, 6.07) is 5.36. The molecule has 2 atom stereocenters. The summed E-state index contributed by atoms with van der Waals surface area (Å²) in [4.78, 5) is 35.5. The average Bonchev–Trinajstić information content (AvgIpc) is 3.13. The third-order valence-corrected chi connectivity index (χ3v) is 3.88. The number of amides is 2. The van der Waals surface area contributed by atoms with Gasteiger partial charge in [-0.3, -0.25) is 9.59 Å². The number of carbonyl (C=O) groups is 3. The van der Waals surface area contributed by atoms with E-state index in [1.807, 2.05) is 0 Å². The third kappa shape index (κ3) is 5.42. The third-order valence-electron chi connectivity index (χ3n) is 3.88. The van der Waals surface area contributed by atoms with Crippen LogP contribution in [-0.4, -0.2) is 41.6 Å². The van der Waals surface area contributed by atoms with Gasteiger partial charge in [0.05, 0.1) is 0 Å². The van der Waals surface area contributed by atoms with Gasteiger partial charge in [0.2, 0.25) is 0 Å². The van der Waals surface area contributed by atoms with Crippen LogP contribution in [0.3, 0.4) is 0 Å². The molecule has 1 fully saturated rings. The van der Waals surface area contributed by atoms with E-state index in [1.165, 1.54) is 6.07 Å². The van der Waals surface area contributed by atoms with Gasteiger partial charge in [-0.1, -0.05) is 12.1 Å². The van der Waals surface area contributed by atoms with E-state index in [2.05, 4.69) is 17.2 Å². The van der Waals surface area contributed by atoms with Crippen LogP contribution < -0.4 is 10.6 Å². The van der Waals surface area contributed by atoms with Crippen LogP contribution >= 0.6 is 0 Å². The van der Waals surface area contributed by atoms with E-state index in [-0.39, 0.29) is 17.9 Å². The molecule has 1 aliphatic heterocycles. The number of nitrogens with one attached hydrogen (secondary N) is 2. The SMILES string of the molecule is C=CCCC(NC(=O)c1cccc(NC(=O)C2CCCO2)c1)C(=O)O. The standard InChI is InChI=1S/C18H22N2O5/c1-2-3-8-14(18(23)24)20-16(21)12-6-4-7-13(11-12)19-17(22)15-9-5-10-25-15/h2,4,6-7,11,14-15H,1,3,5,8-10H2,(H,19,22)(H,20,21)(H,23,24). The Hall–Kier alpha value is -2.67. The molecule has 0 saturated carbocycles. The fourth-order valence-corrected chi connectivity index (χ4v) is 2.53. The highest BCUT2D eigenvalue weighted by molar-refractivity contribution is 5.99. The van der Waals surface area contributed by atoms with Crippen LogP contribution in [0.1, 0.15) is 36.0 Å². The summed E-state index contributed by atoms with van der Waals surface area (Å²) in [5.74, 6) is -1.85. The predicted molar refractivity (Wildman–Crippen MR) is 92.4 cm³/mol. The number of hydrogen-bond acceptors (Lipinski definition) is 4. The molecule has 1 heterocycles. The maximum atomic E-state index is 12.3. The molecule has 7 heteroatoms. The van der Waals surface area contributed by atoms with Crippen molar-refractivity contribution in [1.29, 1.82) is 0 Å². The highest BCUT2D eigenvalue weighted by Gasteiger charge is 2.24. The van der Waals surface area contributed by atoms with E-state index in [0.29, 0.717) is 25.1 Å². The Kier molecular flexibility index (Phi) is 6.71. The van der Waals surface area contributed by atoms with Gasteiger partial charge in [-0.2, -0.15) is 0 Å². The van der Waals surface area contributed by atoms with Gasteiger partial charge in [0, 0.05) is 17.9 Å². The molecular formula is C18H22N2O5. The monoisotopic (exact) mass is 346 g/mol. The van der Waals surface area contributed by atoms with Gasteiger partial charge < -0.3 is 20.5 Å². The van der Waals surface area contributed by atoms with Crippen molar-refractivity contribution in [2.75, 3.05) is 11.9 Å². The maximum Gasteiger partial charge on any atom is 0.326 e. The van der Waals surface area contributed by atoms with Gasteiger partial charge >= 0.3 is 5.97 Å². The first-order chi connectivity index (χ1) is 12.0. The molecule has 2 rings (SSSR count). The van der Waals surface area contributed by atoms with Gasteiger partial charge in [0.15, 0.2) is 0 Å². The summed E-state index contributed by atoms with van der Waals surface area (Å²) >= 11 is 0. The lowest BCUT2D eigenvalue weighted by molar-refractivity contribution is -0.139. The molecule has 134 valence electrons. The molecule has 0 radical (unpaired) electrons. The second kappa shape index (κ2) is 8.98. The molecule has 0 aliphatic carbocycles. The number of anilines is 1. The second-order valence-electron chi connectivity index (χ2n) is 5.80. The van der Waals surface area contributed by atoms with Crippen molar-refractivity contribution < 1.29 is 24.2 Å². The van der Waals surface area contributed by atoms with Crippen molar-refractivity contribution in [3.8, 4) is 0 Å². The summed E-state index contributed by atoms with van der Waals surface area (Å²) in [6.45, 7) is 4.12. The molecular weight excluding hydrogens is 324 g/mol. The van der Waals surface area contributed by atoms with E-state index >= 15 is 0 Å². The molecule has 1 aliphatic rings. The number of carboxylic acid groups (broad SMARTS) is 1. The molecule has 25 heavy (non-hydrogen) atoms. The highest BCUT2D eigenvalue weighted by atomic mass is 16.5. The number of benzene rings is 1. The van der Waals surface area contributed by atoms with Crippen LogP contribution in [0.2, 0.25) is 0 Å². The first-order valence-electron chi connectivity index (χ1n) is 8.18. The Bertz CT molecular complexity index is 653. The summed E-state index contributed by atoms with van der Waals surface area (Å²) in [7, 11) is 0. The van der Waals surface area contributed by atoms with E-state index in [0.717, 1.165) is 6.42 Å². The van der Waals surface area contributed by atoms with Crippen molar-refractivity contribution in [3.05, 3.63) is 42.5 Å². The lowest BCUT2D eigenvalue weighted by atomic mass is 10.1. The van der Waals surface area contributed by atoms with Crippen LogP contribution in [-0.2, 0) is 14.3 Å². The van der Waals surface area contributed by atoms with Crippen LogP contribution in [0.4, 0.5) is 5.69 Å². The molecule has 3 N–H and O–H groups in total. The molecule has 1 aromatic carbocycles. The van der Waals surface area contributed by atoms with Crippen LogP contribution in [0.15, 0.2) is 36.9 Å². The molecule has 7 nitrogen and oxygen atoms in total. The molecule has 2 unspecified atom stereocenters. The molecule has 1 saturated heterocycles. The molecule has 0 bridgehead atoms. The molecule has 1 aromatic rings. The Morgan fingerprint density at radius 2 is 2.20 bits per heavy atom. The zero-order valence-electron chi connectivity index (χ0n) is 13.9. The second-order valence-corrected chi connectivity index (χ2v) is 5.80. The van der Waals surface area contributed by atoms with Gasteiger partial charge in [-0.15, -0.1) is 6.58 Å².